The lowest BCUT2D eigenvalue weighted by Crippen LogP contribution is -2.19. The van der Waals surface area contributed by atoms with E-state index in [0.717, 1.165) is 35.3 Å². The summed E-state index contributed by atoms with van der Waals surface area (Å²) in [5.74, 6) is 0.239. The Kier molecular flexibility index (Phi) is 7.98. The third kappa shape index (κ3) is 6.09. The minimum absolute atomic E-state index is 0.199. The molecule has 0 atom stereocenters. The number of thioether (sulfide) groups is 1. The summed E-state index contributed by atoms with van der Waals surface area (Å²) in [6.45, 7) is 2.16. The molecule has 1 fully saturated rings. The zero-order valence-electron chi connectivity index (χ0n) is 17.2. The van der Waals surface area contributed by atoms with Crippen LogP contribution in [0.1, 0.15) is 16.7 Å². The Bertz CT molecular complexity index is 1290. The maximum Gasteiger partial charge on any atom is 0.264 e. The van der Waals surface area contributed by atoms with Gasteiger partial charge in [-0.1, -0.05) is 29.8 Å². The lowest BCUT2D eigenvalue weighted by atomic mass is 10.2. The molecule has 0 spiro atoms. The Hall–Kier alpha value is -1.63. The van der Waals surface area contributed by atoms with Gasteiger partial charge in [0.1, 0.15) is 18.2 Å². The number of benzene rings is 3. The Morgan fingerprint density at radius 1 is 1.15 bits per heavy atom. The third-order valence-electron chi connectivity index (χ3n) is 4.70. The first kappa shape index (κ1) is 24.5. The van der Waals surface area contributed by atoms with E-state index in [1.807, 2.05) is 43.3 Å². The van der Waals surface area contributed by atoms with E-state index in [1.54, 1.807) is 12.1 Å². The van der Waals surface area contributed by atoms with Crippen molar-refractivity contribution in [3.63, 3.8) is 0 Å². The van der Waals surface area contributed by atoms with Gasteiger partial charge in [0.25, 0.3) is 5.91 Å². The second kappa shape index (κ2) is 10.7. The third-order valence-corrected chi connectivity index (χ3v) is 7.62. The SMILES string of the molecule is Cc1c(Cl)cccc1N=C1NC(=O)/C(=C\c2cc(I)c(OCc3cccc(F)c3)c(I)c2)S1. The smallest absolute Gasteiger partial charge is 0.264 e. The highest BCUT2D eigenvalue weighted by Crippen LogP contribution is 2.34. The zero-order chi connectivity index (χ0) is 23.5. The summed E-state index contributed by atoms with van der Waals surface area (Å²) in [5, 5.41) is 3.95. The molecule has 0 unspecified atom stereocenters. The highest BCUT2D eigenvalue weighted by atomic mass is 127. The predicted molar refractivity (Wildman–Crippen MR) is 150 cm³/mol. The van der Waals surface area contributed by atoms with Crippen molar-refractivity contribution < 1.29 is 13.9 Å². The van der Waals surface area contributed by atoms with Gasteiger partial charge in [0.15, 0.2) is 5.17 Å². The van der Waals surface area contributed by atoms with Gasteiger partial charge in [-0.3, -0.25) is 4.79 Å². The van der Waals surface area contributed by atoms with E-state index in [9.17, 15) is 9.18 Å². The number of amides is 1. The van der Waals surface area contributed by atoms with E-state index in [4.69, 9.17) is 16.3 Å². The maximum atomic E-state index is 13.4. The summed E-state index contributed by atoms with van der Waals surface area (Å²) in [7, 11) is 0. The standard InChI is InChI=1S/C24H16ClFI2N2O2S/c1-13-17(25)6-3-7-20(13)29-24-30-23(31)21(33-24)11-15-9-18(27)22(19(28)10-15)32-12-14-4-2-5-16(26)8-14/h2-11H,12H2,1H3,(H,29,30,31)/b21-11+. The molecule has 3 aromatic rings. The highest BCUT2D eigenvalue weighted by molar-refractivity contribution is 14.1. The number of halogens is 4. The first-order chi connectivity index (χ1) is 15.8. The van der Waals surface area contributed by atoms with E-state index in [0.29, 0.717) is 15.1 Å². The lowest BCUT2D eigenvalue weighted by molar-refractivity contribution is -0.115. The van der Waals surface area contributed by atoms with Gasteiger partial charge in [0.2, 0.25) is 0 Å². The molecule has 0 radical (unpaired) electrons. The molecular weight excluding hydrogens is 689 g/mol. The average molecular weight is 705 g/mol. The van der Waals surface area contributed by atoms with Gasteiger partial charge in [-0.05, 0) is 123 Å². The number of nitrogens with zero attached hydrogens (tertiary/aromatic N) is 1. The van der Waals surface area contributed by atoms with E-state index < -0.39 is 0 Å². The molecule has 4 rings (SSSR count). The minimum Gasteiger partial charge on any atom is -0.487 e. The molecule has 33 heavy (non-hydrogen) atoms. The van der Waals surface area contributed by atoms with Crippen molar-refractivity contribution in [3.8, 4) is 5.75 Å². The van der Waals surface area contributed by atoms with Crippen LogP contribution in [0.2, 0.25) is 5.02 Å². The van der Waals surface area contributed by atoms with Gasteiger partial charge in [0.05, 0.1) is 17.7 Å². The molecule has 4 nitrogen and oxygen atoms in total. The van der Waals surface area contributed by atoms with Crippen molar-refractivity contribution >= 4 is 91.4 Å². The quantitative estimate of drug-likeness (QED) is 0.222. The fourth-order valence-electron chi connectivity index (χ4n) is 3.04. The number of carbonyl (C=O) groups is 1. The Balaban J connectivity index is 1.52. The van der Waals surface area contributed by atoms with E-state index >= 15 is 0 Å². The number of ether oxygens (including phenoxy) is 1. The van der Waals surface area contributed by atoms with Gasteiger partial charge in [0, 0.05) is 5.02 Å². The van der Waals surface area contributed by atoms with Gasteiger partial charge in [-0.25, -0.2) is 9.38 Å². The Labute approximate surface area is 227 Å². The van der Waals surface area contributed by atoms with Crippen LogP contribution in [0, 0.1) is 19.9 Å². The van der Waals surface area contributed by atoms with Crippen molar-refractivity contribution in [2.24, 2.45) is 4.99 Å². The topological polar surface area (TPSA) is 50.7 Å². The van der Waals surface area contributed by atoms with Gasteiger partial charge in [-0.2, -0.15) is 0 Å². The van der Waals surface area contributed by atoms with E-state index in [2.05, 4.69) is 55.5 Å². The molecule has 1 amide bonds. The number of hydrogen-bond acceptors (Lipinski definition) is 4. The van der Waals surface area contributed by atoms with Crippen LogP contribution in [0.15, 0.2) is 64.5 Å². The van der Waals surface area contributed by atoms with Crippen molar-refractivity contribution in [1.29, 1.82) is 0 Å². The molecule has 168 valence electrons. The van der Waals surface area contributed by atoms with E-state index in [1.165, 1.54) is 23.9 Å². The molecule has 1 heterocycles. The molecular formula is C24H16ClFI2N2O2S. The van der Waals surface area contributed by atoms with Crippen LogP contribution in [-0.2, 0) is 11.4 Å². The van der Waals surface area contributed by atoms with Crippen molar-refractivity contribution in [2.45, 2.75) is 13.5 Å². The number of nitrogens with one attached hydrogen (secondary N) is 1. The number of carbonyl (C=O) groups excluding carboxylic acids is 1. The minimum atomic E-state index is -0.289. The molecule has 1 aliphatic rings. The second-order valence-corrected chi connectivity index (χ2v) is 10.9. The number of amidine groups is 1. The summed E-state index contributed by atoms with van der Waals surface area (Å²) in [4.78, 5) is 17.6. The Morgan fingerprint density at radius 3 is 2.61 bits per heavy atom. The Morgan fingerprint density at radius 2 is 1.88 bits per heavy atom. The highest BCUT2D eigenvalue weighted by Gasteiger charge is 2.24. The maximum absolute atomic E-state index is 13.4. The van der Waals surface area contributed by atoms with Crippen LogP contribution in [0.3, 0.4) is 0 Å². The summed E-state index contributed by atoms with van der Waals surface area (Å²) in [5.41, 5.74) is 3.21. The van der Waals surface area contributed by atoms with Crippen molar-refractivity contribution in [3.05, 3.63) is 94.2 Å². The number of aliphatic imine (C=N–C) groups is 1. The zero-order valence-corrected chi connectivity index (χ0v) is 23.1. The largest absolute Gasteiger partial charge is 0.487 e. The van der Waals surface area contributed by atoms with Crippen LogP contribution in [-0.4, -0.2) is 11.1 Å². The molecule has 0 aromatic heterocycles. The molecule has 3 aromatic carbocycles. The summed E-state index contributed by atoms with van der Waals surface area (Å²) >= 11 is 11.9. The normalized spacial score (nSPS) is 15.8. The molecule has 0 bridgehead atoms. The lowest BCUT2D eigenvalue weighted by Gasteiger charge is -2.12. The molecule has 0 aliphatic carbocycles. The fourth-order valence-corrected chi connectivity index (χ4v) is 6.17. The molecule has 1 aliphatic heterocycles. The molecule has 1 saturated heterocycles. The second-order valence-electron chi connectivity index (χ2n) is 7.10. The van der Waals surface area contributed by atoms with Gasteiger partial charge < -0.3 is 10.1 Å². The van der Waals surface area contributed by atoms with Crippen LogP contribution >= 0.6 is 68.5 Å². The molecule has 1 N–H and O–H groups in total. The summed E-state index contributed by atoms with van der Waals surface area (Å²) in [6, 6.07) is 15.7. The summed E-state index contributed by atoms with van der Waals surface area (Å²) in [6.07, 6.45) is 1.83. The van der Waals surface area contributed by atoms with Gasteiger partial charge >= 0.3 is 0 Å². The fraction of sp³-hybridized carbons (Fsp3) is 0.0833. The van der Waals surface area contributed by atoms with Crippen LogP contribution < -0.4 is 10.1 Å². The first-order valence-corrected chi connectivity index (χ1v) is 13.1. The van der Waals surface area contributed by atoms with Gasteiger partial charge in [-0.15, -0.1) is 0 Å². The number of rotatable bonds is 5. The monoisotopic (exact) mass is 704 g/mol. The molecule has 0 saturated carbocycles. The van der Waals surface area contributed by atoms with Crippen molar-refractivity contribution in [1.82, 2.24) is 5.32 Å². The van der Waals surface area contributed by atoms with Crippen LogP contribution in [0.25, 0.3) is 6.08 Å². The number of hydrogen-bond donors (Lipinski definition) is 1. The van der Waals surface area contributed by atoms with Crippen molar-refractivity contribution in [2.75, 3.05) is 0 Å². The van der Waals surface area contributed by atoms with E-state index in [-0.39, 0.29) is 18.3 Å². The van der Waals surface area contributed by atoms with Crippen LogP contribution in [0.5, 0.6) is 5.75 Å². The first-order valence-electron chi connectivity index (χ1n) is 9.71. The van der Waals surface area contributed by atoms with Crippen LogP contribution in [0.4, 0.5) is 10.1 Å². The predicted octanol–water partition coefficient (Wildman–Crippen LogP) is 7.47. The average Bonchev–Trinajstić information content (AvgIpc) is 3.09. The molecule has 9 heteroatoms. The summed E-state index contributed by atoms with van der Waals surface area (Å²) < 4.78 is 21.1.